The van der Waals surface area contributed by atoms with E-state index in [0.29, 0.717) is 0 Å². The van der Waals surface area contributed by atoms with Gasteiger partial charge in [0.2, 0.25) is 0 Å². The predicted molar refractivity (Wildman–Crippen MR) is 37.5 cm³/mol. The average Bonchev–Trinajstić information content (AvgIpc) is 2.34. The lowest BCUT2D eigenvalue weighted by atomic mass is 10.2. The Morgan fingerprint density at radius 3 is 3.11 bits per heavy atom. The largest absolute Gasteiger partial charge is 0.385 e. The van der Waals surface area contributed by atoms with Gasteiger partial charge in [0.25, 0.3) is 0 Å². The van der Waals surface area contributed by atoms with E-state index >= 15 is 0 Å². The molecule has 0 radical (unpaired) electrons. The fourth-order valence-electron chi connectivity index (χ4n) is 1.26. The Balaban J connectivity index is 1.98. The highest BCUT2D eigenvalue weighted by Gasteiger charge is 2.12. The molecule has 1 fully saturated rings. The summed E-state index contributed by atoms with van der Waals surface area (Å²) < 4.78 is 4.96. The molecule has 0 aromatic carbocycles. The minimum Gasteiger partial charge on any atom is -0.385 e. The molecule has 54 valence electrons. The van der Waals surface area contributed by atoms with Gasteiger partial charge in [0.05, 0.1) is 0 Å². The van der Waals surface area contributed by atoms with Crippen LogP contribution in [0.4, 0.5) is 0 Å². The SMILES string of the molecule is COCC[C@H]1CCCN1. The van der Waals surface area contributed by atoms with Gasteiger partial charge in [-0.05, 0) is 25.8 Å². The third-order valence-corrected chi connectivity index (χ3v) is 1.83. The standard InChI is InChI=1S/C7H15NO/c1-9-6-4-7-3-2-5-8-7/h7-8H,2-6H2,1H3/t7-/m1/s1. The summed E-state index contributed by atoms with van der Waals surface area (Å²) in [5.74, 6) is 0. The molecule has 0 bridgehead atoms. The molecule has 1 N–H and O–H groups in total. The molecule has 1 atom stereocenters. The molecule has 1 aliphatic heterocycles. The first-order valence-electron chi connectivity index (χ1n) is 3.66. The Morgan fingerprint density at radius 2 is 2.56 bits per heavy atom. The highest BCUT2D eigenvalue weighted by Crippen LogP contribution is 2.07. The fraction of sp³-hybridized carbons (Fsp3) is 1.00. The van der Waals surface area contributed by atoms with Gasteiger partial charge in [-0.25, -0.2) is 0 Å². The summed E-state index contributed by atoms with van der Waals surface area (Å²) in [6.45, 7) is 2.10. The molecule has 1 aliphatic rings. The van der Waals surface area contributed by atoms with Gasteiger partial charge >= 0.3 is 0 Å². The summed E-state index contributed by atoms with van der Waals surface area (Å²) >= 11 is 0. The molecule has 2 nitrogen and oxygen atoms in total. The highest BCUT2D eigenvalue weighted by atomic mass is 16.5. The third-order valence-electron chi connectivity index (χ3n) is 1.83. The van der Waals surface area contributed by atoms with Crippen LogP contribution in [-0.4, -0.2) is 26.3 Å². The van der Waals surface area contributed by atoms with Crippen LogP contribution < -0.4 is 5.32 Å². The normalized spacial score (nSPS) is 27.0. The van der Waals surface area contributed by atoms with Crippen LogP contribution in [-0.2, 0) is 4.74 Å². The summed E-state index contributed by atoms with van der Waals surface area (Å²) in [5, 5.41) is 3.41. The monoisotopic (exact) mass is 129 g/mol. The molecule has 2 heteroatoms. The zero-order valence-corrected chi connectivity index (χ0v) is 6.02. The van der Waals surface area contributed by atoms with Crippen LogP contribution >= 0.6 is 0 Å². The van der Waals surface area contributed by atoms with Gasteiger partial charge in [-0.3, -0.25) is 0 Å². The second-order valence-corrected chi connectivity index (χ2v) is 2.57. The zero-order valence-electron chi connectivity index (χ0n) is 6.02. The molecular formula is C7H15NO. The number of hydrogen-bond donors (Lipinski definition) is 1. The predicted octanol–water partition coefficient (Wildman–Crippen LogP) is 0.775. The molecule has 0 spiro atoms. The first kappa shape index (κ1) is 7.03. The quantitative estimate of drug-likeness (QED) is 0.608. The Labute approximate surface area is 56.6 Å². The fourth-order valence-corrected chi connectivity index (χ4v) is 1.26. The number of nitrogens with one attached hydrogen (secondary N) is 1. The number of methoxy groups -OCH3 is 1. The first-order valence-corrected chi connectivity index (χ1v) is 3.66. The maximum Gasteiger partial charge on any atom is 0.0477 e. The summed E-state index contributed by atoms with van der Waals surface area (Å²) in [7, 11) is 1.76. The Kier molecular flexibility index (Phi) is 3.01. The number of ether oxygens (including phenoxy) is 1. The smallest absolute Gasteiger partial charge is 0.0477 e. The van der Waals surface area contributed by atoms with Crippen molar-refractivity contribution in [3.8, 4) is 0 Å². The Morgan fingerprint density at radius 1 is 1.67 bits per heavy atom. The van der Waals surface area contributed by atoms with Crippen LogP contribution in [0.5, 0.6) is 0 Å². The van der Waals surface area contributed by atoms with E-state index in [2.05, 4.69) is 5.32 Å². The van der Waals surface area contributed by atoms with Gasteiger partial charge in [0.1, 0.15) is 0 Å². The molecule has 0 amide bonds. The highest BCUT2D eigenvalue weighted by molar-refractivity contribution is 4.73. The van der Waals surface area contributed by atoms with Crippen molar-refractivity contribution in [1.29, 1.82) is 0 Å². The molecule has 0 unspecified atom stereocenters. The molecule has 0 saturated carbocycles. The van der Waals surface area contributed by atoms with E-state index < -0.39 is 0 Å². The van der Waals surface area contributed by atoms with Crippen molar-refractivity contribution in [3.63, 3.8) is 0 Å². The average molecular weight is 129 g/mol. The van der Waals surface area contributed by atoms with Crippen LogP contribution in [0.1, 0.15) is 19.3 Å². The van der Waals surface area contributed by atoms with E-state index in [1.165, 1.54) is 25.8 Å². The molecule has 9 heavy (non-hydrogen) atoms. The zero-order chi connectivity index (χ0) is 6.53. The van der Waals surface area contributed by atoms with Crippen molar-refractivity contribution in [1.82, 2.24) is 5.32 Å². The molecule has 1 heterocycles. The maximum absolute atomic E-state index is 4.96. The van der Waals surface area contributed by atoms with Gasteiger partial charge in [-0.15, -0.1) is 0 Å². The minimum absolute atomic E-state index is 0.741. The summed E-state index contributed by atoms with van der Waals surface area (Å²) in [4.78, 5) is 0. The van der Waals surface area contributed by atoms with Crippen LogP contribution in [0, 0.1) is 0 Å². The summed E-state index contributed by atoms with van der Waals surface area (Å²) in [5.41, 5.74) is 0. The van der Waals surface area contributed by atoms with Crippen molar-refractivity contribution < 1.29 is 4.74 Å². The maximum atomic E-state index is 4.96. The lowest BCUT2D eigenvalue weighted by Gasteiger charge is -2.07. The molecular weight excluding hydrogens is 114 g/mol. The second-order valence-electron chi connectivity index (χ2n) is 2.57. The van der Waals surface area contributed by atoms with Gasteiger partial charge in [0, 0.05) is 19.8 Å². The van der Waals surface area contributed by atoms with Crippen molar-refractivity contribution in [2.45, 2.75) is 25.3 Å². The summed E-state index contributed by atoms with van der Waals surface area (Å²) in [6.07, 6.45) is 3.86. The van der Waals surface area contributed by atoms with Crippen LogP contribution in [0.2, 0.25) is 0 Å². The van der Waals surface area contributed by atoms with Crippen molar-refractivity contribution in [2.75, 3.05) is 20.3 Å². The lowest BCUT2D eigenvalue weighted by Crippen LogP contribution is -2.22. The van der Waals surface area contributed by atoms with E-state index in [4.69, 9.17) is 4.74 Å². The van der Waals surface area contributed by atoms with E-state index in [9.17, 15) is 0 Å². The summed E-state index contributed by atoms with van der Waals surface area (Å²) in [6, 6.07) is 0.741. The van der Waals surface area contributed by atoms with E-state index in [1.54, 1.807) is 7.11 Å². The van der Waals surface area contributed by atoms with Crippen LogP contribution in [0.15, 0.2) is 0 Å². The van der Waals surface area contributed by atoms with Crippen molar-refractivity contribution in [3.05, 3.63) is 0 Å². The topological polar surface area (TPSA) is 21.3 Å². The number of rotatable bonds is 3. The molecule has 1 saturated heterocycles. The second kappa shape index (κ2) is 3.85. The van der Waals surface area contributed by atoms with E-state index in [1.807, 2.05) is 0 Å². The number of hydrogen-bond acceptors (Lipinski definition) is 2. The lowest BCUT2D eigenvalue weighted by molar-refractivity contribution is 0.185. The first-order chi connectivity index (χ1) is 4.43. The Hall–Kier alpha value is -0.0800. The van der Waals surface area contributed by atoms with E-state index in [-0.39, 0.29) is 0 Å². The molecule has 0 aromatic heterocycles. The van der Waals surface area contributed by atoms with Crippen molar-refractivity contribution >= 4 is 0 Å². The van der Waals surface area contributed by atoms with Gasteiger partial charge < -0.3 is 10.1 Å². The van der Waals surface area contributed by atoms with Crippen LogP contribution in [0.25, 0.3) is 0 Å². The Bertz CT molecular complexity index is 69.3. The van der Waals surface area contributed by atoms with E-state index in [0.717, 1.165) is 12.6 Å². The van der Waals surface area contributed by atoms with Crippen molar-refractivity contribution in [2.24, 2.45) is 0 Å². The van der Waals surface area contributed by atoms with Gasteiger partial charge in [-0.1, -0.05) is 0 Å². The molecule has 0 aromatic rings. The van der Waals surface area contributed by atoms with Gasteiger partial charge in [-0.2, -0.15) is 0 Å². The van der Waals surface area contributed by atoms with Crippen LogP contribution in [0.3, 0.4) is 0 Å². The molecule has 0 aliphatic carbocycles. The third kappa shape index (κ3) is 2.33. The van der Waals surface area contributed by atoms with Gasteiger partial charge in [0.15, 0.2) is 0 Å². The minimum atomic E-state index is 0.741. The molecule has 1 rings (SSSR count).